The average Bonchev–Trinajstić information content (AvgIpc) is 2.82. The van der Waals surface area contributed by atoms with Crippen LogP contribution in [0.1, 0.15) is 12.5 Å². The predicted molar refractivity (Wildman–Crippen MR) is 66.6 cm³/mol. The van der Waals surface area contributed by atoms with Crippen LogP contribution >= 0.6 is 0 Å². The molecule has 0 radical (unpaired) electrons. The third kappa shape index (κ3) is 1.80. The fourth-order valence-corrected chi connectivity index (χ4v) is 1.78. The van der Waals surface area contributed by atoms with Crippen LogP contribution in [0.15, 0.2) is 47.0 Å². The second-order valence-electron chi connectivity index (χ2n) is 3.90. The van der Waals surface area contributed by atoms with Crippen molar-refractivity contribution in [1.29, 1.82) is 0 Å². The molecule has 0 aliphatic heterocycles. The molecule has 17 heavy (non-hydrogen) atoms. The van der Waals surface area contributed by atoms with Gasteiger partial charge in [0.1, 0.15) is 5.52 Å². The van der Waals surface area contributed by atoms with Crippen molar-refractivity contribution in [3.05, 3.63) is 48.2 Å². The first-order chi connectivity index (χ1) is 8.36. The summed E-state index contributed by atoms with van der Waals surface area (Å²) in [6.45, 7) is 2.14. The molecule has 2 aromatic heterocycles. The summed E-state index contributed by atoms with van der Waals surface area (Å²) in [6, 6.07) is 12.0. The number of benzene rings is 1. The number of aryl methyl sites for hydroxylation is 1. The van der Waals surface area contributed by atoms with E-state index in [4.69, 9.17) is 4.42 Å². The molecule has 0 saturated carbocycles. The summed E-state index contributed by atoms with van der Waals surface area (Å²) in [5.41, 5.74) is 3.67. The first kappa shape index (κ1) is 10.0. The Morgan fingerprint density at radius 2 is 1.94 bits per heavy atom. The van der Waals surface area contributed by atoms with Gasteiger partial charge < -0.3 is 4.42 Å². The Hall–Kier alpha value is -2.16. The number of oxazole rings is 1. The van der Waals surface area contributed by atoms with Crippen LogP contribution in [0, 0.1) is 0 Å². The molecule has 0 amide bonds. The molecule has 0 N–H and O–H groups in total. The lowest BCUT2D eigenvalue weighted by Crippen LogP contribution is -1.81. The lowest BCUT2D eigenvalue weighted by molar-refractivity contribution is 0.608. The van der Waals surface area contributed by atoms with Crippen LogP contribution in [0.3, 0.4) is 0 Å². The molecule has 1 aromatic carbocycles. The summed E-state index contributed by atoms with van der Waals surface area (Å²) >= 11 is 0. The van der Waals surface area contributed by atoms with Crippen molar-refractivity contribution in [2.24, 2.45) is 0 Å². The van der Waals surface area contributed by atoms with Crippen molar-refractivity contribution in [2.45, 2.75) is 13.3 Å². The van der Waals surface area contributed by atoms with Crippen LogP contribution in [-0.2, 0) is 6.42 Å². The summed E-state index contributed by atoms with van der Waals surface area (Å²) in [4.78, 5) is 8.54. The van der Waals surface area contributed by atoms with Gasteiger partial charge in [-0.15, -0.1) is 0 Å². The highest BCUT2D eigenvalue weighted by atomic mass is 16.4. The van der Waals surface area contributed by atoms with E-state index in [1.54, 1.807) is 6.20 Å². The zero-order valence-corrected chi connectivity index (χ0v) is 9.55. The van der Waals surface area contributed by atoms with Crippen LogP contribution in [0.4, 0.5) is 0 Å². The molecular formula is C14H12N2O. The van der Waals surface area contributed by atoms with Gasteiger partial charge >= 0.3 is 0 Å². The maximum Gasteiger partial charge on any atom is 0.247 e. The first-order valence-electron chi connectivity index (χ1n) is 5.67. The fraction of sp³-hybridized carbons (Fsp3) is 0.143. The number of pyridine rings is 1. The molecule has 2 heterocycles. The molecule has 0 unspecified atom stereocenters. The Balaban J connectivity index is 2.07. The van der Waals surface area contributed by atoms with Crippen LogP contribution in [0.5, 0.6) is 0 Å². The van der Waals surface area contributed by atoms with Crippen LogP contribution < -0.4 is 0 Å². The summed E-state index contributed by atoms with van der Waals surface area (Å²) in [5, 5.41) is 0. The molecule has 0 atom stereocenters. The minimum atomic E-state index is 0.585. The molecule has 3 nitrogen and oxygen atoms in total. The van der Waals surface area contributed by atoms with Gasteiger partial charge in [-0.05, 0) is 36.2 Å². The first-order valence-corrected chi connectivity index (χ1v) is 5.67. The van der Waals surface area contributed by atoms with Crippen LogP contribution in [0.2, 0.25) is 0 Å². The maximum atomic E-state index is 5.61. The van der Waals surface area contributed by atoms with Crippen molar-refractivity contribution in [3.63, 3.8) is 0 Å². The minimum Gasteiger partial charge on any atom is -0.418 e. The smallest absolute Gasteiger partial charge is 0.247 e. The molecule has 0 aliphatic rings. The van der Waals surface area contributed by atoms with E-state index in [0.717, 1.165) is 17.5 Å². The lowest BCUT2D eigenvalue weighted by Gasteiger charge is -1.97. The highest BCUT2D eigenvalue weighted by molar-refractivity contribution is 5.72. The SMILES string of the molecule is CCc1ccc(-c2nc3cccnc3o2)cc1. The van der Waals surface area contributed by atoms with E-state index in [1.807, 2.05) is 24.3 Å². The number of rotatable bonds is 2. The standard InChI is InChI=1S/C14H12N2O/c1-2-10-5-7-11(8-6-10)13-16-12-4-3-9-15-14(12)17-13/h3-9H,2H2,1H3. The van der Waals surface area contributed by atoms with Crippen molar-refractivity contribution >= 4 is 11.2 Å². The highest BCUT2D eigenvalue weighted by Crippen LogP contribution is 2.22. The van der Waals surface area contributed by atoms with E-state index >= 15 is 0 Å². The zero-order chi connectivity index (χ0) is 11.7. The largest absolute Gasteiger partial charge is 0.418 e. The fourth-order valence-electron chi connectivity index (χ4n) is 1.78. The molecule has 0 aliphatic carbocycles. The van der Waals surface area contributed by atoms with E-state index in [2.05, 4.69) is 29.0 Å². The van der Waals surface area contributed by atoms with E-state index in [0.29, 0.717) is 11.6 Å². The number of nitrogens with zero attached hydrogens (tertiary/aromatic N) is 2. The quantitative estimate of drug-likeness (QED) is 0.669. The van der Waals surface area contributed by atoms with E-state index in [1.165, 1.54) is 5.56 Å². The van der Waals surface area contributed by atoms with E-state index in [9.17, 15) is 0 Å². The van der Waals surface area contributed by atoms with Crippen LogP contribution in [-0.4, -0.2) is 9.97 Å². The maximum absolute atomic E-state index is 5.61. The molecule has 3 rings (SSSR count). The molecule has 0 fully saturated rings. The van der Waals surface area contributed by atoms with Gasteiger partial charge in [-0.25, -0.2) is 9.97 Å². The molecule has 0 spiro atoms. The minimum absolute atomic E-state index is 0.585. The summed E-state index contributed by atoms with van der Waals surface area (Å²) < 4.78 is 5.61. The molecule has 0 saturated heterocycles. The lowest BCUT2D eigenvalue weighted by atomic mass is 10.1. The van der Waals surface area contributed by atoms with Gasteiger partial charge in [0.15, 0.2) is 0 Å². The number of hydrogen-bond donors (Lipinski definition) is 0. The normalized spacial score (nSPS) is 10.9. The summed E-state index contributed by atoms with van der Waals surface area (Å²) in [7, 11) is 0. The average molecular weight is 224 g/mol. The van der Waals surface area contributed by atoms with Gasteiger partial charge in [0.25, 0.3) is 0 Å². The van der Waals surface area contributed by atoms with Gasteiger partial charge in [-0.1, -0.05) is 19.1 Å². The Morgan fingerprint density at radius 3 is 2.65 bits per heavy atom. The third-order valence-electron chi connectivity index (χ3n) is 2.78. The monoisotopic (exact) mass is 224 g/mol. The highest BCUT2D eigenvalue weighted by Gasteiger charge is 2.07. The van der Waals surface area contributed by atoms with Gasteiger partial charge in [0, 0.05) is 11.8 Å². The Kier molecular flexibility index (Phi) is 2.37. The number of aromatic nitrogens is 2. The Morgan fingerprint density at radius 1 is 1.12 bits per heavy atom. The predicted octanol–water partition coefficient (Wildman–Crippen LogP) is 3.45. The molecule has 0 bridgehead atoms. The van der Waals surface area contributed by atoms with Crippen molar-refractivity contribution in [1.82, 2.24) is 9.97 Å². The summed E-state index contributed by atoms with van der Waals surface area (Å²) in [6.07, 6.45) is 2.74. The Labute approximate surface area is 99.1 Å². The van der Waals surface area contributed by atoms with Gasteiger partial charge in [-0.3, -0.25) is 0 Å². The Bertz CT molecular complexity index is 608. The number of hydrogen-bond acceptors (Lipinski definition) is 3. The van der Waals surface area contributed by atoms with Crippen molar-refractivity contribution < 1.29 is 4.42 Å². The third-order valence-corrected chi connectivity index (χ3v) is 2.78. The molecule has 3 aromatic rings. The van der Waals surface area contributed by atoms with Crippen molar-refractivity contribution in [2.75, 3.05) is 0 Å². The summed E-state index contributed by atoms with van der Waals surface area (Å²) in [5.74, 6) is 0.626. The molecule has 3 heteroatoms. The molecule has 84 valence electrons. The zero-order valence-electron chi connectivity index (χ0n) is 9.55. The van der Waals surface area contributed by atoms with Crippen molar-refractivity contribution in [3.8, 4) is 11.5 Å². The van der Waals surface area contributed by atoms with E-state index in [-0.39, 0.29) is 0 Å². The number of fused-ring (bicyclic) bond motifs is 1. The molecular weight excluding hydrogens is 212 g/mol. The van der Waals surface area contributed by atoms with Gasteiger partial charge in [0.2, 0.25) is 11.6 Å². The van der Waals surface area contributed by atoms with Gasteiger partial charge in [0.05, 0.1) is 0 Å². The topological polar surface area (TPSA) is 38.9 Å². The van der Waals surface area contributed by atoms with Crippen LogP contribution in [0.25, 0.3) is 22.7 Å². The second-order valence-corrected chi connectivity index (χ2v) is 3.90. The van der Waals surface area contributed by atoms with Gasteiger partial charge in [-0.2, -0.15) is 0 Å². The second kappa shape index (κ2) is 4.01. The van der Waals surface area contributed by atoms with E-state index < -0.39 is 0 Å².